The van der Waals surface area contributed by atoms with Gasteiger partial charge in [-0.1, -0.05) is 0 Å². The van der Waals surface area contributed by atoms with Gasteiger partial charge in [0, 0.05) is 17.9 Å². The number of benzene rings is 1. The zero-order valence-electron chi connectivity index (χ0n) is 7.59. The van der Waals surface area contributed by atoms with Gasteiger partial charge in [0.05, 0.1) is 10.6 Å². The van der Waals surface area contributed by atoms with Gasteiger partial charge in [0.2, 0.25) is 0 Å². The van der Waals surface area contributed by atoms with E-state index in [1.807, 2.05) is 0 Å². The highest BCUT2D eigenvalue weighted by Gasteiger charge is 2.24. The topological polar surface area (TPSA) is 35.2 Å². The Labute approximate surface area is 90.4 Å². The minimum atomic E-state index is -0.295. The maximum Gasteiger partial charge on any atom is 0.145 e. The van der Waals surface area contributed by atoms with E-state index in [1.54, 1.807) is 12.1 Å². The summed E-state index contributed by atoms with van der Waals surface area (Å²) in [5.41, 5.74) is 6.70. The Balaban J connectivity index is 2.44. The quantitative estimate of drug-likeness (QED) is 0.788. The average molecular weight is 260 g/mol. The van der Waals surface area contributed by atoms with E-state index < -0.39 is 0 Å². The van der Waals surface area contributed by atoms with E-state index in [9.17, 15) is 4.39 Å². The molecular formula is C10H11BrFNO. The molecule has 0 bridgehead atoms. The minimum Gasteiger partial charge on any atom is -0.398 e. The van der Waals surface area contributed by atoms with Crippen molar-refractivity contribution in [1.82, 2.24) is 0 Å². The van der Waals surface area contributed by atoms with Crippen LogP contribution < -0.4 is 5.73 Å². The fraction of sp³-hybridized carbons (Fsp3) is 0.400. The monoisotopic (exact) mass is 259 g/mol. The van der Waals surface area contributed by atoms with E-state index in [0.29, 0.717) is 22.3 Å². The van der Waals surface area contributed by atoms with Gasteiger partial charge in [0.15, 0.2) is 0 Å². The molecule has 76 valence electrons. The van der Waals surface area contributed by atoms with Gasteiger partial charge in [-0.3, -0.25) is 0 Å². The molecule has 1 fully saturated rings. The predicted octanol–water partition coefficient (Wildman–Crippen LogP) is 3.02. The van der Waals surface area contributed by atoms with Crippen molar-refractivity contribution in [2.24, 2.45) is 0 Å². The number of nitrogen functional groups attached to an aromatic ring is 1. The molecule has 1 heterocycles. The highest BCUT2D eigenvalue weighted by Crippen LogP contribution is 2.36. The lowest BCUT2D eigenvalue weighted by atomic mass is 10.0. The Morgan fingerprint density at radius 1 is 1.50 bits per heavy atom. The lowest BCUT2D eigenvalue weighted by Gasteiger charge is -2.14. The van der Waals surface area contributed by atoms with Gasteiger partial charge in [-0.2, -0.15) is 0 Å². The second-order valence-corrected chi connectivity index (χ2v) is 4.22. The van der Waals surface area contributed by atoms with Crippen LogP contribution in [0.5, 0.6) is 0 Å². The molecule has 0 radical (unpaired) electrons. The molecule has 1 aromatic rings. The minimum absolute atomic E-state index is 0.174. The Morgan fingerprint density at radius 2 is 2.29 bits per heavy atom. The van der Waals surface area contributed by atoms with Crippen LogP contribution in [0.15, 0.2) is 16.6 Å². The number of hydrogen-bond acceptors (Lipinski definition) is 2. The third kappa shape index (κ3) is 1.64. The standard InChI is InChI=1S/C10H11BrFNO/c11-6-3-4-7(13)9(10(6)12)8-2-1-5-14-8/h3-4,8H,1-2,5,13H2/t8-/m1/s1. The first-order valence-corrected chi connectivity index (χ1v) is 5.34. The number of halogens is 2. The summed E-state index contributed by atoms with van der Waals surface area (Å²) in [5.74, 6) is -0.295. The number of rotatable bonds is 1. The highest BCUT2D eigenvalue weighted by atomic mass is 79.9. The summed E-state index contributed by atoms with van der Waals surface area (Å²) in [6, 6.07) is 3.31. The Bertz CT molecular complexity index is 350. The van der Waals surface area contributed by atoms with E-state index in [1.165, 1.54) is 0 Å². The Kier molecular flexibility index (Phi) is 2.74. The third-order valence-electron chi connectivity index (χ3n) is 2.42. The highest BCUT2D eigenvalue weighted by molar-refractivity contribution is 9.10. The molecular weight excluding hydrogens is 249 g/mol. The van der Waals surface area contributed by atoms with Crippen molar-refractivity contribution in [2.75, 3.05) is 12.3 Å². The molecule has 1 atom stereocenters. The SMILES string of the molecule is Nc1ccc(Br)c(F)c1[C@H]1CCCO1. The van der Waals surface area contributed by atoms with Crippen LogP contribution in [-0.4, -0.2) is 6.61 Å². The van der Waals surface area contributed by atoms with E-state index in [4.69, 9.17) is 10.5 Å². The lowest BCUT2D eigenvalue weighted by Crippen LogP contribution is -2.05. The summed E-state index contributed by atoms with van der Waals surface area (Å²) >= 11 is 3.14. The summed E-state index contributed by atoms with van der Waals surface area (Å²) in [5, 5.41) is 0. The number of nitrogens with two attached hydrogens (primary N) is 1. The van der Waals surface area contributed by atoms with Gasteiger partial charge in [0.1, 0.15) is 5.82 Å². The fourth-order valence-electron chi connectivity index (χ4n) is 1.71. The molecule has 0 unspecified atom stereocenters. The molecule has 1 aromatic carbocycles. The van der Waals surface area contributed by atoms with Gasteiger partial charge in [-0.05, 0) is 40.9 Å². The molecule has 2 rings (SSSR count). The average Bonchev–Trinajstić information content (AvgIpc) is 2.65. The van der Waals surface area contributed by atoms with E-state index in [2.05, 4.69) is 15.9 Å². The van der Waals surface area contributed by atoms with Gasteiger partial charge < -0.3 is 10.5 Å². The summed E-state index contributed by atoms with van der Waals surface area (Å²) in [4.78, 5) is 0. The lowest BCUT2D eigenvalue weighted by molar-refractivity contribution is 0.109. The molecule has 0 spiro atoms. The molecule has 14 heavy (non-hydrogen) atoms. The van der Waals surface area contributed by atoms with E-state index >= 15 is 0 Å². The summed E-state index contributed by atoms with van der Waals surface area (Å²) in [6.07, 6.45) is 1.64. The van der Waals surface area contributed by atoms with Crippen LogP contribution in [0.1, 0.15) is 24.5 Å². The van der Waals surface area contributed by atoms with Gasteiger partial charge in [0.25, 0.3) is 0 Å². The van der Waals surface area contributed by atoms with Crippen molar-refractivity contribution in [2.45, 2.75) is 18.9 Å². The van der Waals surface area contributed by atoms with Crippen molar-refractivity contribution in [3.05, 3.63) is 28.0 Å². The summed E-state index contributed by atoms with van der Waals surface area (Å²) in [6.45, 7) is 0.691. The Morgan fingerprint density at radius 3 is 2.93 bits per heavy atom. The van der Waals surface area contributed by atoms with Crippen LogP contribution in [0, 0.1) is 5.82 Å². The van der Waals surface area contributed by atoms with Gasteiger partial charge in [-0.15, -0.1) is 0 Å². The van der Waals surface area contributed by atoms with E-state index in [-0.39, 0.29) is 11.9 Å². The van der Waals surface area contributed by atoms with E-state index in [0.717, 1.165) is 12.8 Å². The van der Waals surface area contributed by atoms with Crippen LogP contribution in [-0.2, 0) is 4.74 Å². The number of ether oxygens (including phenoxy) is 1. The number of hydrogen-bond donors (Lipinski definition) is 1. The molecule has 1 aliphatic rings. The molecule has 1 saturated heterocycles. The van der Waals surface area contributed by atoms with Crippen molar-refractivity contribution < 1.29 is 9.13 Å². The molecule has 0 amide bonds. The molecule has 0 aliphatic carbocycles. The van der Waals surface area contributed by atoms with Gasteiger partial charge >= 0.3 is 0 Å². The molecule has 0 saturated carbocycles. The summed E-state index contributed by atoms with van der Waals surface area (Å²) < 4.78 is 19.6. The molecule has 0 aromatic heterocycles. The van der Waals surface area contributed by atoms with Crippen molar-refractivity contribution >= 4 is 21.6 Å². The second kappa shape index (κ2) is 3.87. The third-order valence-corrected chi connectivity index (χ3v) is 3.03. The van der Waals surface area contributed by atoms with Crippen LogP contribution in [0.4, 0.5) is 10.1 Å². The van der Waals surface area contributed by atoms with Gasteiger partial charge in [-0.25, -0.2) is 4.39 Å². The first-order chi connectivity index (χ1) is 6.70. The zero-order chi connectivity index (χ0) is 10.1. The normalized spacial score (nSPS) is 21.4. The maximum absolute atomic E-state index is 13.7. The maximum atomic E-state index is 13.7. The first kappa shape index (κ1) is 9.93. The molecule has 4 heteroatoms. The Hall–Kier alpha value is -0.610. The summed E-state index contributed by atoms with van der Waals surface area (Å²) in [7, 11) is 0. The smallest absolute Gasteiger partial charge is 0.145 e. The predicted molar refractivity (Wildman–Crippen MR) is 56.4 cm³/mol. The van der Waals surface area contributed by atoms with Crippen LogP contribution in [0.2, 0.25) is 0 Å². The second-order valence-electron chi connectivity index (χ2n) is 3.37. The van der Waals surface area contributed by atoms with Crippen molar-refractivity contribution in [3.8, 4) is 0 Å². The zero-order valence-corrected chi connectivity index (χ0v) is 9.18. The molecule has 1 aliphatic heterocycles. The van der Waals surface area contributed by atoms with Crippen molar-refractivity contribution in [3.63, 3.8) is 0 Å². The number of anilines is 1. The van der Waals surface area contributed by atoms with Crippen LogP contribution in [0.25, 0.3) is 0 Å². The van der Waals surface area contributed by atoms with Crippen molar-refractivity contribution in [1.29, 1.82) is 0 Å². The first-order valence-electron chi connectivity index (χ1n) is 4.55. The van der Waals surface area contributed by atoms with Crippen LogP contribution >= 0.6 is 15.9 Å². The molecule has 2 nitrogen and oxygen atoms in total. The van der Waals surface area contributed by atoms with Crippen LogP contribution in [0.3, 0.4) is 0 Å². The fourth-order valence-corrected chi connectivity index (χ4v) is 2.06. The largest absolute Gasteiger partial charge is 0.398 e. The molecule has 2 N–H and O–H groups in total.